The van der Waals surface area contributed by atoms with E-state index in [0.29, 0.717) is 24.8 Å². The van der Waals surface area contributed by atoms with Gasteiger partial charge in [-0.15, -0.1) is 0 Å². The lowest BCUT2D eigenvalue weighted by atomic mass is 9.59. The van der Waals surface area contributed by atoms with Crippen LogP contribution in [-0.2, 0) is 14.8 Å². The SMILES string of the molecule is CN1CCC(N(C)S(=O)(=O)C[C@@H]2C[C@@H]3CCCC[C@@H]32)C1=O. The summed E-state index contributed by atoms with van der Waals surface area (Å²) in [5.41, 5.74) is 0. The average Bonchev–Trinajstić information content (AvgIpc) is 2.75. The third-order valence-corrected chi connectivity index (χ3v) is 7.86. The van der Waals surface area contributed by atoms with Crippen molar-refractivity contribution in [2.45, 2.75) is 44.6 Å². The van der Waals surface area contributed by atoms with Gasteiger partial charge in [0.1, 0.15) is 6.04 Å². The van der Waals surface area contributed by atoms with Gasteiger partial charge >= 0.3 is 0 Å². The number of carbonyl (C=O) groups excluding carboxylic acids is 1. The zero-order valence-corrected chi connectivity index (χ0v) is 13.8. The van der Waals surface area contributed by atoms with E-state index in [9.17, 15) is 13.2 Å². The molecule has 1 unspecified atom stereocenters. The lowest BCUT2D eigenvalue weighted by Crippen LogP contribution is -2.48. The van der Waals surface area contributed by atoms with Crippen LogP contribution in [0.3, 0.4) is 0 Å². The molecule has 21 heavy (non-hydrogen) atoms. The molecule has 0 radical (unpaired) electrons. The van der Waals surface area contributed by atoms with Crippen LogP contribution in [-0.4, -0.2) is 56.0 Å². The van der Waals surface area contributed by atoms with E-state index in [2.05, 4.69) is 0 Å². The van der Waals surface area contributed by atoms with Crippen molar-refractivity contribution in [2.75, 3.05) is 26.4 Å². The quantitative estimate of drug-likeness (QED) is 0.786. The number of amides is 1. The minimum Gasteiger partial charge on any atom is -0.344 e. The highest BCUT2D eigenvalue weighted by molar-refractivity contribution is 7.89. The number of sulfonamides is 1. The fraction of sp³-hybridized carbons (Fsp3) is 0.933. The number of hydrogen-bond donors (Lipinski definition) is 0. The van der Waals surface area contributed by atoms with Crippen LogP contribution in [0.4, 0.5) is 0 Å². The number of rotatable bonds is 4. The molecule has 0 aromatic carbocycles. The van der Waals surface area contributed by atoms with Crippen LogP contribution in [0.25, 0.3) is 0 Å². The summed E-state index contributed by atoms with van der Waals surface area (Å²) in [4.78, 5) is 13.6. The van der Waals surface area contributed by atoms with Gasteiger partial charge in [-0.05, 0) is 37.0 Å². The molecular formula is C15H26N2O3S. The first-order chi connectivity index (χ1) is 9.90. The highest BCUT2D eigenvalue weighted by Crippen LogP contribution is 2.49. The molecule has 0 aromatic heterocycles. The summed E-state index contributed by atoms with van der Waals surface area (Å²) in [6.07, 6.45) is 6.71. The topological polar surface area (TPSA) is 57.7 Å². The first-order valence-corrected chi connectivity index (χ1v) is 9.72. The number of likely N-dealkylation sites (N-methyl/N-ethyl adjacent to an activating group) is 2. The minimum atomic E-state index is -3.32. The summed E-state index contributed by atoms with van der Waals surface area (Å²) in [5, 5.41) is 0. The van der Waals surface area contributed by atoms with Gasteiger partial charge in [0.25, 0.3) is 0 Å². The van der Waals surface area contributed by atoms with Gasteiger partial charge in [-0.2, -0.15) is 4.31 Å². The van der Waals surface area contributed by atoms with Crippen LogP contribution < -0.4 is 0 Å². The summed E-state index contributed by atoms with van der Waals surface area (Å²) >= 11 is 0. The van der Waals surface area contributed by atoms with Gasteiger partial charge in [0.05, 0.1) is 5.75 Å². The molecule has 2 aliphatic carbocycles. The Morgan fingerprint density at radius 2 is 1.95 bits per heavy atom. The van der Waals surface area contributed by atoms with Gasteiger partial charge in [0.2, 0.25) is 15.9 Å². The van der Waals surface area contributed by atoms with Crippen molar-refractivity contribution in [3.8, 4) is 0 Å². The van der Waals surface area contributed by atoms with Gasteiger partial charge in [-0.25, -0.2) is 8.42 Å². The molecule has 1 saturated heterocycles. The maximum Gasteiger partial charge on any atom is 0.240 e. The van der Waals surface area contributed by atoms with Crippen molar-refractivity contribution in [1.82, 2.24) is 9.21 Å². The molecule has 1 aliphatic heterocycles. The Kier molecular flexibility index (Phi) is 4.03. The zero-order chi connectivity index (χ0) is 15.2. The van der Waals surface area contributed by atoms with Crippen LogP contribution in [0.1, 0.15) is 38.5 Å². The monoisotopic (exact) mass is 314 g/mol. The van der Waals surface area contributed by atoms with Crippen LogP contribution in [0.5, 0.6) is 0 Å². The number of likely N-dealkylation sites (tertiary alicyclic amines) is 1. The fourth-order valence-corrected chi connectivity index (χ4v) is 6.18. The van der Waals surface area contributed by atoms with Gasteiger partial charge in [-0.3, -0.25) is 4.79 Å². The third-order valence-electron chi connectivity index (χ3n) is 5.88. The Morgan fingerprint density at radius 3 is 2.57 bits per heavy atom. The second-order valence-electron chi connectivity index (χ2n) is 7.06. The van der Waals surface area contributed by atoms with E-state index in [-0.39, 0.29) is 11.7 Å². The summed E-state index contributed by atoms with van der Waals surface area (Å²) in [7, 11) is -0.00996. The Labute approximate surface area is 127 Å². The molecule has 0 N–H and O–H groups in total. The average molecular weight is 314 g/mol. The van der Waals surface area contributed by atoms with E-state index >= 15 is 0 Å². The van der Waals surface area contributed by atoms with Crippen molar-refractivity contribution >= 4 is 15.9 Å². The van der Waals surface area contributed by atoms with Gasteiger partial charge in [0, 0.05) is 20.6 Å². The molecule has 1 heterocycles. The highest BCUT2D eigenvalue weighted by Gasteiger charge is 2.46. The molecule has 0 spiro atoms. The van der Waals surface area contributed by atoms with Crippen LogP contribution >= 0.6 is 0 Å². The lowest BCUT2D eigenvalue weighted by Gasteiger charge is -2.48. The smallest absolute Gasteiger partial charge is 0.240 e. The number of nitrogens with zero attached hydrogens (tertiary/aromatic N) is 2. The molecule has 1 amide bonds. The maximum atomic E-state index is 12.6. The first kappa shape index (κ1) is 15.3. The molecule has 0 bridgehead atoms. The van der Waals surface area contributed by atoms with E-state index in [1.807, 2.05) is 0 Å². The van der Waals surface area contributed by atoms with E-state index in [1.54, 1.807) is 19.0 Å². The Hall–Kier alpha value is -0.620. The largest absolute Gasteiger partial charge is 0.344 e. The second kappa shape index (κ2) is 5.54. The zero-order valence-electron chi connectivity index (χ0n) is 13.0. The highest BCUT2D eigenvalue weighted by atomic mass is 32.2. The Balaban J connectivity index is 1.63. The Bertz CT molecular complexity index is 519. The number of carbonyl (C=O) groups is 1. The Morgan fingerprint density at radius 1 is 1.24 bits per heavy atom. The molecule has 3 rings (SSSR count). The molecule has 6 heteroatoms. The second-order valence-corrected chi connectivity index (χ2v) is 9.14. The molecule has 2 saturated carbocycles. The van der Waals surface area contributed by atoms with Crippen molar-refractivity contribution in [2.24, 2.45) is 17.8 Å². The van der Waals surface area contributed by atoms with Crippen LogP contribution in [0, 0.1) is 17.8 Å². The molecule has 4 atom stereocenters. The first-order valence-electron chi connectivity index (χ1n) is 8.11. The molecular weight excluding hydrogens is 288 g/mol. The summed E-state index contributed by atoms with van der Waals surface area (Å²) < 4.78 is 26.5. The van der Waals surface area contributed by atoms with Crippen molar-refractivity contribution in [1.29, 1.82) is 0 Å². The van der Waals surface area contributed by atoms with Crippen LogP contribution in [0.2, 0.25) is 0 Å². The molecule has 120 valence electrons. The third kappa shape index (κ3) is 2.72. The number of hydrogen-bond acceptors (Lipinski definition) is 3. The van der Waals surface area contributed by atoms with E-state index < -0.39 is 16.1 Å². The number of fused-ring (bicyclic) bond motifs is 1. The van der Waals surface area contributed by atoms with Crippen molar-refractivity contribution in [3.05, 3.63) is 0 Å². The van der Waals surface area contributed by atoms with E-state index in [0.717, 1.165) is 12.3 Å². The lowest BCUT2D eigenvalue weighted by molar-refractivity contribution is -0.129. The normalized spacial score (nSPS) is 36.7. The van der Waals surface area contributed by atoms with Gasteiger partial charge in [0.15, 0.2) is 0 Å². The minimum absolute atomic E-state index is 0.0646. The predicted octanol–water partition coefficient (Wildman–Crippen LogP) is 1.30. The summed E-state index contributed by atoms with van der Waals surface area (Å²) in [6, 6.07) is -0.484. The fourth-order valence-electron chi connectivity index (χ4n) is 4.43. The van der Waals surface area contributed by atoms with Crippen molar-refractivity contribution in [3.63, 3.8) is 0 Å². The molecule has 3 fully saturated rings. The van der Waals surface area contributed by atoms with Gasteiger partial charge in [-0.1, -0.05) is 19.3 Å². The summed E-state index contributed by atoms with van der Waals surface area (Å²) in [5.74, 6) is 1.87. The molecule has 3 aliphatic rings. The van der Waals surface area contributed by atoms with Crippen molar-refractivity contribution < 1.29 is 13.2 Å². The van der Waals surface area contributed by atoms with Crippen LogP contribution in [0.15, 0.2) is 0 Å². The maximum absolute atomic E-state index is 12.6. The predicted molar refractivity (Wildman–Crippen MR) is 81.1 cm³/mol. The molecule has 5 nitrogen and oxygen atoms in total. The standard InChI is InChI=1S/C15H26N2O3S/c1-16-8-7-14(15(16)18)17(2)21(19,20)10-12-9-11-5-3-4-6-13(11)12/h11-14H,3-10H2,1-2H3/t11-,12-,13-,14?/m0/s1. The van der Waals surface area contributed by atoms with E-state index in [4.69, 9.17) is 0 Å². The van der Waals surface area contributed by atoms with Gasteiger partial charge < -0.3 is 4.90 Å². The summed E-state index contributed by atoms with van der Waals surface area (Å²) in [6.45, 7) is 0.650. The molecule has 0 aromatic rings. The van der Waals surface area contributed by atoms with E-state index in [1.165, 1.54) is 30.0 Å².